The summed E-state index contributed by atoms with van der Waals surface area (Å²) >= 11 is 0. The molecule has 0 saturated heterocycles. The molecule has 1 atom stereocenters. The van der Waals surface area contributed by atoms with Crippen molar-refractivity contribution in [1.29, 1.82) is 0 Å². The molecule has 0 spiro atoms. The molecule has 0 amide bonds. The van der Waals surface area contributed by atoms with Gasteiger partial charge in [-0.2, -0.15) is 13.2 Å². The van der Waals surface area contributed by atoms with Crippen LogP contribution in [0.5, 0.6) is 0 Å². The largest absolute Gasteiger partial charge is 0.411 e. The Kier molecular flexibility index (Phi) is 4.19. The third kappa shape index (κ3) is 4.81. The van der Waals surface area contributed by atoms with Crippen LogP contribution in [0.15, 0.2) is 0 Å². The molecule has 0 radical (unpaired) electrons. The van der Waals surface area contributed by atoms with Gasteiger partial charge in [0.05, 0.1) is 6.61 Å². The van der Waals surface area contributed by atoms with Gasteiger partial charge in [0.15, 0.2) is 0 Å². The molecule has 14 heavy (non-hydrogen) atoms. The SMILES string of the molecule is NC(COCC(F)(F)F)CC1CCC1. The Morgan fingerprint density at radius 3 is 2.43 bits per heavy atom. The third-order valence-electron chi connectivity index (χ3n) is 2.46. The van der Waals surface area contributed by atoms with Crippen LogP contribution in [0.3, 0.4) is 0 Å². The number of alkyl halides is 3. The molecular formula is C9H16F3NO. The van der Waals surface area contributed by atoms with Crippen molar-refractivity contribution in [2.45, 2.75) is 37.9 Å². The zero-order valence-corrected chi connectivity index (χ0v) is 8.02. The molecule has 2 nitrogen and oxygen atoms in total. The molecule has 84 valence electrons. The van der Waals surface area contributed by atoms with Gasteiger partial charge in [0.2, 0.25) is 0 Å². The predicted molar refractivity (Wildman–Crippen MR) is 46.8 cm³/mol. The minimum atomic E-state index is -4.24. The van der Waals surface area contributed by atoms with E-state index in [0.29, 0.717) is 5.92 Å². The number of nitrogens with two attached hydrogens (primary N) is 1. The molecule has 1 unspecified atom stereocenters. The second kappa shape index (κ2) is 4.98. The Morgan fingerprint density at radius 2 is 2.00 bits per heavy atom. The molecule has 0 aliphatic heterocycles. The van der Waals surface area contributed by atoms with E-state index in [1.165, 1.54) is 6.42 Å². The van der Waals surface area contributed by atoms with Crippen LogP contribution in [0, 0.1) is 5.92 Å². The van der Waals surface area contributed by atoms with Gasteiger partial charge in [-0.3, -0.25) is 0 Å². The molecule has 1 rings (SSSR count). The van der Waals surface area contributed by atoms with Crippen LogP contribution in [0.1, 0.15) is 25.7 Å². The van der Waals surface area contributed by atoms with Gasteiger partial charge in [-0.15, -0.1) is 0 Å². The van der Waals surface area contributed by atoms with Crippen molar-refractivity contribution >= 4 is 0 Å². The first-order chi connectivity index (χ1) is 6.47. The van der Waals surface area contributed by atoms with E-state index in [1.54, 1.807) is 0 Å². The maximum Gasteiger partial charge on any atom is 0.411 e. The predicted octanol–water partition coefficient (Wildman–Crippen LogP) is 2.08. The summed E-state index contributed by atoms with van der Waals surface area (Å²) in [6, 6.07) is -0.248. The third-order valence-corrected chi connectivity index (χ3v) is 2.46. The quantitative estimate of drug-likeness (QED) is 0.755. The van der Waals surface area contributed by atoms with Crippen molar-refractivity contribution in [2.75, 3.05) is 13.2 Å². The molecule has 1 saturated carbocycles. The van der Waals surface area contributed by atoms with E-state index >= 15 is 0 Å². The highest BCUT2D eigenvalue weighted by molar-refractivity contribution is 4.75. The Labute approximate surface area is 81.6 Å². The van der Waals surface area contributed by atoms with Crippen LogP contribution < -0.4 is 5.73 Å². The lowest BCUT2D eigenvalue weighted by Gasteiger charge is -2.27. The van der Waals surface area contributed by atoms with Gasteiger partial charge in [0, 0.05) is 6.04 Å². The fraction of sp³-hybridized carbons (Fsp3) is 1.00. The van der Waals surface area contributed by atoms with E-state index in [-0.39, 0.29) is 12.6 Å². The summed E-state index contributed by atoms with van der Waals surface area (Å²) in [5.74, 6) is 0.611. The minimum absolute atomic E-state index is 0.00993. The van der Waals surface area contributed by atoms with Crippen molar-refractivity contribution in [3.05, 3.63) is 0 Å². The van der Waals surface area contributed by atoms with Crippen LogP contribution in [0.2, 0.25) is 0 Å². The Hall–Kier alpha value is -0.290. The Morgan fingerprint density at radius 1 is 1.36 bits per heavy atom. The number of halogens is 3. The van der Waals surface area contributed by atoms with Gasteiger partial charge < -0.3 is 10.5 Å². The molecule has 0 bridgehead atoms. The maximum absolute atomic E-state index is 11.7. The monoisotopic (exact) mass is 211 g/mol. The second-order valence-electron chi connectivity index (χ2n) is 3.92. The standard InChI is InChI=1S/C9H16F3NO/c10-9(11,12)6-14-5-8(13)4-7-2-1-3-7/h7-8H,1-6,13H2. The first-order valence-corrected chi connectivity index (χ1v) is 4.87. The van der Waals surface area contributed by atoms with Gasteiger partial charge in [0.1, 0.15) is 6.61 Å². The van der Waals surface area contributed by atoms with Crippen LogP contribution in [0.25, 0.3) is 0 Å². The van der Waals surface area contributed by atoms with E-state index in [2.05, 4.69) is 4.74 Å². The minimum Gasteiger partial charge on any atom is -0.370 e. The normalized spacial score (nSPS) is 20.6. The summed E-state index contributed by atoms with van der Waals surface area (Å²) < 4.78 is 39.5. The topological polar surface area (TPSA) is 35.2 Å². The van der Waals surface area contributed by atoms with Crippen molar-refractivity contribution in [2.24, 2.45) is 11.7 Å². The lowest BCUT2D eigenvalue weighted by Crippen LogP contribution is -2.32. The molecule has 0 aromatic heterocycles. The van der Waals surface area contributed by atoms with Crippen LogP contribution in [0.4, 0.5) is 13.2 Å². The summed E-state index contributed by atoms with van der Waals surface area (Å²) in [5, 5.41) is 0. The maximum atomic E-state index is 11.7. The fourth-order valence-corrected chi connectivity index (χ4v) is 1.55. The highest BCUT2D eigenvalue weighted by Crippen LogP contribution is 2.30. The number of hydrogen-bond donors (Lipinski definition) is 1. The van der Waals surface area contributed by atoms with Crippen LogP contribution in [-0.2, 0) is 4.74 Å². The zero-order chi connectivity index (χ0) is 10.6. The summed E-state index contributed by atoms with van der Waals surface area (Å²) in [5.41, 5.74) is 5.62. The van der Waals surface area contributed by atoms with Gasteiger partial charge in [-0.05, 0) is 12.3 Å². The molecule has 2 N–H and O–H groups in total. The number of rotatable bonds is 5. The van der Waals surface area contributed by atoms with E-state index in [4.69, 9.17) is 5.73 Å². The van der Waals surface area contributed by atoms with E-state index < -0.39 is 12.8 Å². The van der Waals surface area contributed by atoms with Crippen molar-refractivity contribution in [1.82, 2.24) is 0 Å². The van der Waals surface area contributed by atoms with Gasteiger partial charge >= 0.3 is 6.18 Å². The Balaban J connectivity index is 1.99. The lowest BCUT2D eigenvalue weighted by molar-refractivity contribution is -0.175. The van der Waals surface area contributed by atoms with Crippen LogP contribution >= 0.6 is 0 Å². The highest BCUT2D eigenvalue weighted by atomic mass is 19.4. The van der Waals surface area contributed by atoms with Gasteiger partial charge in [-0.25, -0.2) is 0 Å². The zero-order valence-electron chi connectivity index (χ0n) is 8.02. The smallest absolute Gasteiger partial charge is 0.370 e. The van der Waals surface area contributed by atoms with E-state index in [0.717, 1.165) is 19.3 Å². The van der Waals surface area contributed by atoms with E-state index in [9.17, 15) is 13.2 Å². The first-order valence-electron chi connectivity index (χ1n) is 4.87. The average Bonchev–Trinajstić information content (AvgIpc) is 1.94. The van der Waals surface area contributed by atoms with Crippen molar-refractivity contribution in [3.63, 3.8) is 0 Å². The highest BCUT2D eigenvalue weighted by Gasteiger charge is 2.28. The summed E-state index contributed by atoms with van der Waals surface area (Å²) in [4.78, 5) is 0. The Bertz CT molecular complexity index is 168. The van der Waals surface area contributed by atoms with Gasteiger partial charge in [-0.1, -0.05) is 19.3 Å². The average molecular weight is 211 g/mol. The molecular weight excluding hydrogens is 195 g/mol. The molecule has 1 aliphatic rings. The second-order valence-corrected chi connectivity index (χ2v) is 3.92. The van der Waals surface area contributed by atoms with Crippen LogP contribution in [-0.4, -0.2) is 25.4 Å². The molecule has 0 heterocycles. The molecule has 0 aromatic carbocycles. The molecule has 1 fully saturated rings. The number of ether oxygens (including phenoxy) is 1. The molecule has 1 aliphatic carbocycles. The summed E-state index contributed by atoms with van der Waals surface area (Å²) in [6.07, 6.45) is 0.0920. The molecule has 5 heteroatoms. The van der Waals surface area contributed by atoms with Gasteiger partial charge in [0.25, 0.3) is 0 Å². The fourth-order valence-electron chi connectivity index (χ4n) is 1.55. The van der Waals surface area contributed by atoms with Crippen molar-refractivity contribution in [3.8, 4) is 0 Å². The summed E-state index contributed by atoms with van der Waals surface area (Å²) in [6.45, 7) is -1.18. The van der Waals surface area contributed by atoms with Crippen molar-refractivity contribution < 1.29 is 17.9 Å². The number of hydrogen-bond acceptors (Lipinski definition) is 2. The summed E-state index contributed by atoms with van der Waals surface area (Å²) in [7, 11) is 0. The lowest BCUT2D eigenvalue weighted by atomic mass is 9.81. The molecule has 0 aromatic rings. The first kappa shape index (κ1) is 11.8. The van der Waals surface area contributed by atoms with E-state index in [1.807, 2.05) is 0 Å².